The zero-order chi connectivity index (χ0) is 12.3. The molecule has 0 radical (unpaired) electrons. The second kappa shape index (κ2) is 5.33. The smallest absolute Gasteiger partial charge is 0.136 e. The maximum atomic E-state index is 13.5. The number of thiazole rings is 1. The molecule has 2 rings (SSSR count). The monoisotopic (exact) mass is 254 g/mol. The molecular formula is C12H12F2N2S. The average Bonchev–Trinajstić information content (AvgIpc) is 2.75. The maximum Gasteiger partial charge on any atom is 0.136 e. The molecule has 0 saturated carbocycles. The van der Waals surface area contributed by atoms with E-state index in [0.29, 0.717) is 10.6 Å². The number of nitrogens with zero attached hydrogens (tertiary/aromatic N) is 1. The van der Waals surface area contributed by atoms with E-state index in [-0.39, 0.29) is 0 Å². The summed E-state index contributed by atoms with van der Waals surface area (Å²) in [5.74, 6) is -1.14. The first-order valence-corrected chi connectivity index (χ1v) is 6.13. The van der Waals surface area contributed by atoms with E-state index in [1.165, 1.54) is 23.5 Å². The Hall–Kier alpha value is -1.33. The summed E-state index contributed by atoms with van der Waals surface area (Å²) in [7, 11) is 1.87. The molecule has 0 amide bonds. The van der Waals surface area contributed by atoms with E-state index in [2.05, 4.69) is 10.3 Å². The first-order valence-electron chi connectivity index (χ1n) is 5.25. The predicted molar refractivity (Wildman–Crippen MR) is 65.1 cm³/mol. The first kappa shape index (κ1) is 12.1. The van der Waals surface area contributed by atoms with Gasteiger partial charge in [-0.15, -0.1) is 11.3 Å². The van der Waals surface area contributed by atoms with Gasteiger partial charge in [0.2, 0.25) is 0 Å². The molecule has 1 aromatic carbocycles. The minimum Gasteiger partial charge on any atom is -0.319 e. The van der Waals surface area contributed by atoms with Gasteiger partial charge in [0.25, 0.3) is 0 Å². The van der Waals surface area contributed by atoms with Gasteiger partial charge in [-0.3, -0.25) is 0 Å². The summed E-state index contributed by atoms with van der Waals surface area (Å²) >= 11 is 1.37. The van der Waals surface area contributed by atoms with Crippen LogP contribution in [0, 0.1) is 11.6 Å². The molecule has 17 heavy (non-hydrogen) atoms. The summed E-state index contributed by atoms with van der Waals surface area (Å²) in [4.78, 5) is 4.32. The van der Waals surface area contributed by atoms with Crippen LogP contribution in [-0.4, -0.2) is 18.6 Å². The Kier molecular flexibility index (Phi) is 3.81. The van der Waals surface area contributed by atoms with Crippen LogP contribution in [0.4, 0.5) is 8.78 Å². The third-order valence-corrected chi connectivity index (χ3v) is 3.27. The fraction of sp³-hybridized carbons (Fsp3) is 0.250. The van der Waals surface area contributed by atoms with Crippen LogP contribution in [0.25, 0.3) is 10.6 Å². The molecule has 0 bridgehead atoms. The molecule has 0 fully saturated rings. The van der Waals surface area contributed by atoms with Crippen molar-refractivity contribution < 1.29 is 8.78 Å². The second-order valence-corrected chi connectivity index (χ2v) is 4.48. The van der Waals surface area contributed by atoms with Gasteiger partial charge in [-0.25, -0.2) is 13.8 Å². The Morgan fingerprint density at radius 1 is 1.35 bits per heavy atom. The SMILES string of the molecule is CNCCc1csc(-c2ccc(F)cc2F)n1. The Balaban J connectivity index is 2.24. The Bertz CT molecular complexity index is 511. The molecule has 1 N–H and O–H groups in total. The number of hydrogen-bond acceptors (Lipinski definition) is 3. The lowest BCUT2D eigenvalue weighted by atomic mass is 10.2. The van der Waals surface area contributed by atoms with E-state index in [1.807, 2.05) is 12.4 Å². The third kappa shape index (κ3) is 2.87. The highest BCUT2D eigenvalue weighted by atomic mass is 32.1. The van der Waals surface area contributed by atoms with Gasteiger partial charge in [0.1, 0.15) is 16.6 Å². The fourth-order valence-electron chi connectivity index (χ4n) is 1.46. The van der Waals surface area contributed by atoms with Gasteiger partial charge < -0.3 is 5.32 Å². The lowest BCUT2D eigenvalue weighted by molar-refractivity contribution is 0.585. The fourth-order valence-corrected chi connectivity index (χ4v) is 2.34. The molecular weight excluding hydrogens is 242 g/mol. The molecule has 1 heterocycles. The van der Waals surface area contributed by atoms with Crippen LogP contribution in [-0.2, 0) is 6.42 Å². The third-order valence-electron chi connectivity index (χ3n) is 2.34. The molecule has 2 aromatic rings. The maximum absolute atomic E-state index is 13.5. The molecule has 0 aliphatic rings. The Morgan fingerprint density at radius 2 is 2.18 bits per heavy atom. The summed E-state index contributed by atoms with van der Waals surface area (Å²) in [6.45, 7) is 0.828. The van der Waals surface area contributed by atoms with Crippen molar-refractivity contribution in [1.29, 1.82) is 0 Å². The number of likely N-dealkylation sites (N-methyl/N-ethyl adjacent to an activating group) is 1. The van der Waals surface area contributed by atoms with Crippen LogP contribution in [0.2, 0.25) is 0 Å². The zero-order valence-corrected chi connectivity index (χ0v) is 10.2. The minimum absolute atomic E-state index is 0.354. The molecule has 90 valence electrons. The van der Waals surface area contributed by atoms with Gasteiger partial charge in [-0.1, -0.05) is 0 Å². The van der Waals surface area contributed by atoms with E-state index < -0.39 is 11.6 Å². The van der Waals surface area contributed by atoms with Crippen molar-refractivity contribution in [3.05, 3.63) is 40.9 Å². The van der Waals surface area contributed by atoms with Crippen LogP contribution in [0.5, 0.6) is 0 Å². The summed E-state index contributed by atoms with van der Waals surface area (Å²) in [5.41, 5.74) is 1.27. The van der Waals surface area contributed by atoms with Crippen molar-refractivity contribution in [2.45, 2.75) is 6.42 Å². The van der Waals surface area contributed by atoms with Crippen LogP contribution < -0.4 is 5.32 Å². The largest absolute Gasteiger partial charge is 0.319 e. The van der Waals surface area contributed by atoms with Gasteiger partial charge in [-0.2, -0.15) is 0 Å². The number of halogens is 2. The first-order chi connectivity index (χ1) is 8.20. The Labute approximate surface area is 102 Å². The summed E-state index contributed by atoms with van der Waals surface area (Å²) in [6, 6.07) is 3.54. The summed E-state index contributed by atoms with van der Waals surface area (Å²) in [5, 5.41) is 5.51. The molecule has 5 heteroatoms. The molecule has 2 nitrogen and oxygen atoms in total. The predicted octanol–water partition coefficient (Wildman–Crippen LogP) is 2.85. The van der Waals surface area contributed by atoms with E-state index >= 15 is 0 Å². The van der Waals surface area contributed by atoms with Crippen LogP contribution in [0.1, 0.15) is 5.69 Å². The molecule has 1 aromatic heterocycles. The summed E-state index contributed by atoms with van der Waals surface area (Å²) < 4.78 is 26.3. The molecule has 0 spiro atoms. The van der Waals surface area contributed by atoms with E-state index in [0.717, 1.165) is 24.7 Å². The summed E-state index contributed by atoms with van der Waals surface area (Å²) in [6.07, 6.45) is 0.801. The molecule has 0 unspecified atom stereocenters. The highest BCUT2D eigenvalue weighted by molar-refractivity contribution is 7.13. The van der Waals surface area contributed by atoms with Gasteiger partial charge >= 0.3 is 0 Å². The molecule has 0 aliphatic carbocycles. The van der Waals surface area contributed by atoms with Gasteiger partial charge in [-0.05, 0) is 19.2 Å². The van der Waals surface area contributed by atoms with Crippen molar-refractivity contribution in [3.63, 3.8) is 0 Å². The zero-order valence-electron chi connectivity index (χ0n) is 9.34. The van der Waals surface area contributed by atoms with Crippen molar-refractivity contribution in [2.75, 3.05) is 13.6 Å². The number of nitrogens with one attached hydrogen (secondary N) is 1. The minimum atomic E-state index is -0.571. The van der Waals surface area contributed by atoms with Crippen molar-refractivity contribution in [3.8, 4) is 10.6 Å². The van der Waals surface area contributed by atoms with E-state index in [9.17, 15) is 8.78 Å². The molecule has 0 atom stereocenters. The quantitative estimate of drug-likeness (QED) is 0.907. The molecule has 0 saturated heterocycles. The van der Waals surface area contributed by atoms with Crippen molar-refractivity contribution >= 4 is 11.3 Å². The van der Waals surface area contributed by atoms with Crippen LogP contribution in [0.3, 0.4) is 0 Å². The van der Waals surface area contributed by atoms with Crippen LogP contribution in [0.15, 0.2) is 23.6 Å². The number of rotatable bonds is 4. The second-order valence-electron chi connectivity index (χ2n) is 3.62. The number of hydrogen-bond donors (Lipinski definition) is 1. The van der Waals surface area contributed by atoms with Crippen molar-refractivity contribution in [1.82, 2.24) is 10.3 Å². The van der Waals surface area contributed by atoms with E-state index in [4.69, 9.17) is 0 Å². The van der Waals surface area contributed by atoms with E-state index in [1.54, 1.807) is 0 Å². The number of benzene rings is 1. The highest BCUT2D eigenvalue weighted by Gasteiger charge is 2.10. The topological polar surface area (TPSA) is 24.9 Å². The molecule has 0 aliphatic heterocycles. The van der Waals surface area contributed by atoms with Gasteiger partial charge in [0.15, 0.2) is 0 Å². The highest BCUT2D eigenvalue weighted by Crippen LogP contribution is 2.26. The normalized spacial score (nSPS) is 10.8. The van der Waals surface area contributed by atoms with Crippen LogP contribution >= 0.6 is 11.3 Å². The lowest BCUT2D eigenvalue weighted by Crippen LogP contribution is -2.10. The van der Waals surface area contributed by atoms with Gasteiger partial charge in [0, 0.05) is 30.0 Å². The average molecular weight is 254 g/mol. The standard InChI is InChI=1S/C12H12F2N2S/c1-15-5-4-9-7-17-12(16-9)10-3-2-8(13)6-11(10)14/h2-3,6-7,15H,4-5H2,1H3. The van der Waals surface area contributed by atoms with Crippen molar-refractivity contribution in [2.24, 2.45) is 0 Å². The number of aromatic nitrogens is 1. The Morgan fingerprint density at radius 3 is 2.88 bits per heavy atom. The lowest BCUT2D eigenvalue weighted by Gasteiger charge is -1.98. The van der Waals surface area contributed by atoms with Gasteiger partial charge in [0.05, 0.1) is 5.69 Å².